The Morgan fingerprint density at radius 2 is 2.14 bits per heavy atom. The maximum absolute atomic E-state index is 11.5. The van der Waals surface area contributed by atoms with Crippen LogP contribution in [0.15, 0.2) is 41.5 Å². The average molecular weight is 301 g/mol. The van der Waals surface area contributed by atoms with Crippen LogP contribution in [0.5, 0.6) is 0 Å². The van der Waals surface area contributed by atoms with Gasteiger partial charge in [-0.15, -0.1) is 0 Å². The topological polar surface area (TPSA) is 63.6 Å². The highest BCUT2D eigenvalue weighted by Gasteiger charge is 2.14. The van der Waals surface area contributed by atoms with E-state index in [0.29, 0.717) is 15.7 Å². The number of rotatable bonds is 5. The van der Waals surface area contributed by atoms with E-state index in [1.54, 1.807) is 13.1 Å². The molecule has 0 fully saturated rings. The zero-order valence-electron chi connectivity index (χ0n) is 11.7. The van der Waals surface area contributed by atoms with Gasteiger partial charge in [0.15, 0.2) is 0 Å². The number of carbonyl (C=O) groups excluding carboxylic acids is 1. The predicted molar refractivity (Wildman–Crippen MR) is 85.8 cm³/mol. The molecule has 0 spiro atoms. The highest BCUT2D eigenvalue weighted by Crippen LogP contribution is 2.22. The molecule has 21 heavy (non-hydrogen) atoms. The maximum atomic E-state index is 11.5. The molecule has 5 nitrogen and oxygen atoms in total. The summed E-state index contributed by atoms with van der Waals surface area (Å²) in [6.45, 7) is 1.76. The maximum Gasteiger partial charge on any atom is 0.350 e. The summed E-state index contributed by atoms with van der Waals surface area (Å²) in [6, 6.07) is 9.93. The first kappa shape index (κ1) is 14.9. The molecule has 1 aromatic heterocycles. The van der Waals surface area contributed by atoms with E-state index >= 15 is 0 Å². The fraction of sp³-hybridized carbons (Fsp3) is 0.133. The Kier molecular flexibility index (Phi) is 5.22. The Hall–Kier alpha value is -2.47. The Labute approximate surface area is 127 Å². The van der Waals surface area contributed by atoms with Crippen molar-refractivity contribution < 1.29 is 9.53 Å². The summed E-state index contributed by atoms with van der Waals surface area (Å²) >= 11 is 1.21. The molecule has 1 N–H and O–H groups in total. The molecular formula is C15H15N3O2S. The molecule has 2 aromatic rings. The first-order valence-corrected chi connectivity index (χ1v) is 7.09. The monoisotopic (exact) mass is 301 g/mol. The van der Waals surface area contributed by atoms with Crippen LogP contribution in [0, 0.1) is 6.92 Å². The molecule has 6 heteroatoms. The van der Waals surface area contributed by atoms with Crippen molar-refractivity contribution in [3.8, 4) is 0 Å². The molecule has 2 rings (SSSR count). The number of allylic oxidation sites excluding steroid dienone is 1. The molecule has 0 saturated carbocycles. The van der Waals surface area contributed by atoms with Gasteiger partial charge in [0.2, 0.25) is 5.13 Å². The van der Waals surface area contributed by atoms with Gasteiger partial charge >= 0.3 is 5.97 Å². The van der Waals surface area contributed by atoms with Crippen molar-refractivity contribution in [1.29, 1.82) is 0 Å². The first-order chi connectivity index (χ1) is 10.2. The van der Waals surface area contributed by atoms with Crippen molar-refractivity contribution >= 4 is 34.7 Å². The van der Waals surface area contributed by atoms with Crippen LogP contribution in [0.3, 0.4) is 0 Å². The zero-order chi connectivity index (χ0) is 15.1. The Morgan fingerprint density at radius 1 is 1.38 bits per heavy atom. The first-order valence-electron chi connectivity index (χ1n) is 6.27. The van der Waals surface area contributed by atoms with Gasteiger partial charge in [0.25, 0.3) is 0 Å². The summed E-state index contributed by atoms with van der Waals surface area (Å²) in [4.78, 5) is 16.1. The van der Waals surface area contributed by atoms with Crippen molar-refractivity contribution in [2.24, 2.45) is 5.10 Å². The van der Waals surface area contributed by atoms with Gasteiger partial charge in [-0.25, -0.2) is 9.78 Å². The van der Waals surface area contributed by atoms with E-state index in [9.17, 15) is 4.79 Å². The second-order valence-corrected chi connectivity index (χ2v) is 5.08. The zero-order valence-corrected chi connectivity index (χ0v) is 12.6. The highest BCUT2D eigenvalue weighted by atomic mass is 32.1. The molecule has 0 aliphatic carbocycles. The summed E-state index contributed by atoms with van der Waals surface area (Å²) in [5.74, 6) is -0.383. The number of nitrogens with zero attached hydrogens (tertiary/aromatic N) is 2. The van der Waals surface area contributed by atoms with Crippen LogP contribution in [0.2, 0.25) is 0 Å². The average Bonchev–Trinajstić information content (AvgIpc) is 2.88. The van der Waals surface area contributed by atoms with Crippen molar-refractivity contribution in [3.05, 3.63) is 52.5 Å². The van der Waals surface area contributed by atoms with E-state index in [-0.39, 0.29) is 5.97 Å². The lowest BCUT2D eigenvalue weighted by molar-refractivity contribution is 0.0605. The lowest BCUT2D eigenvalue weighted by atomic mass is 10.2. The number of methoxy groups -OCH3 is 1. The fourth-order valence-electron chi connectivity index (χ4n) is 1.58. The number of hydrogen-bond acceptors (Lipinski definition) is 6. The van der Waals surface area contributed by atoms with Gasteiger partial charge < -0.3 is 4.74 Å². The van der Waals surface area contributed by atoms with E-state index in [4.69, 9.17) is 0 Å². The van der Waals surface area contributed by atoms with E-state index in [2.05, 4.69) is 20.2 Å². The molecule has 0 amide bonds. The number of thiazole rings is 1. The van der Waals surface area contributed by atoms with Crippen LogP contribution in [-0.2, 0) is 4.74 Å². The second kappa shape index (κ2) is 7.35. The number of nitrogens with one attached hydrogen (secondary N) is 1. The minimum atomic E-state index is -0.383. The van der Waals surface area contributed by atoms with E-state index in [1.165, 1.54) is 18.4 Å². The standard InChI is InChI=1S/C15H15N3O2S/c1-11-13(14(19)20-2)21-15(17-11)18-16-10-6-9-12-7-4-3-5-8-12/h3-10H,1-2H3,(H,17,18)/b9-6+,16-10+. The van der Waals surface area contributed by atoms with E-state index in [1.807, 2.05) is 42.5 Å². The lowest BCUT2D eigenvalue weighted by Crippen LogP contribution is -1.99. The minimum absolute atomic E-state index is 0.383. The van der Waals surface area contributed by atoms with Gasteiger partial charge in [-0.05, 0) is 18.6 Å². The molecule has 108 valence electrons. The lowest BCUT2D eigenvalue weighted by Gasteiger charge is -1.93. The molecule has 0 saturated heterocycles. The summed E-state index contributed by atoms with van der Waals surface area (Å²) < 4.78 is 4.68. The second-order valence-electron chi connectivity index (χ2n) is 4.08. The summed E-state index contributed by atoms with van der Waals surface area (Å²) in [5, 5.41) is 4.58. The molecule has 0 bridgehead atoms. The molecule has 0 atom stereocenters. The van der Waals surface area contributed by atoms with Gasteiger partial charge in [-0.2, -0.15) is 5.10 Å². The summed E-state index contributed by atoms with van der Waals surface area (Å²) in [7, 11) is 1.35. The molecular weight excluding hydrogens is 286 g/mol. The number of ether oxygens (including phenoxy) is 1. The highest BCUT2D eigenvalue weighted by molar-refractivity contribution is 7.17. The van der Waals surface area contributed by atoms with Crippen LogP contribution in [0.25, 0.3) is 6.08 Å². The normalized spacial score (nSPS) is 11.1. The number of aryl methyl sites for hydroxylation is 1. The third-order valence-electron chi connectivity index (χ3n) is 2.58. The summed E-state index contributed by atoms with van der Waals surface area (Å²) in [5.41, 5.74) is 4.52. The number of hydrogen-bond donors (Lipinski definition) is 1. The summed E-state index contributed by atoms with van der Waals surface area (Å²) in [6.07, 6.45) is 5.39. The third-order valence-corrected chi connectivity index (χ3v) is 3.62. The molecule has 0 radical (unpaired) electrons. The number of benzene rings is 1. The SMILES string of the molecule is COC(=O)c1sc(N/N=C/C=C/c2ccccc2)nc1C. The van der Waals surface area contributed by atoms with Crippen LogP contribution in [-0.4, -0.2) is 24.3 Å². The molecule has 1 aromatic carbocycles. The number of esters is 1. The predicted octanol–water partition coefficient (Wildman–Crippen LogP) is 3.35. The smallest absolute Gasteiger partial charge is 0.350 e. The molecule has 0 unspecified atom stereocenters. The Balaban J connectivity index is 1.93. The van der Waals surface area contributed by atoms with Gasteiger partial charge in [0.05, 0.1) is 12.8 Å². The number of anilines is 1. The number of aromatic nitrogens is 1. The van der Waals surface area contributed by atoms with E-state index in [0.717, 1.165) is 5.56 Å². The number of carbonyl (C=O) groups is 1. The Bertz CT molecular complexity index is 663. The van der Waals surface area contributed by atoms with E-state index < -0.39 is 0 Å². The quantitative estimate of drug-likeness (QED) is 0.522. The fourth-order valence-corrected chi connectivity index (χ4v) is 2.41. The van der Waals surface area contributed by atoms with Crippen LogP contribution in [0.1, 0.15) is 20.9 Å². The molecule has 0 aliphatic rings. The molecule has 1 heterocycles. The van der Waals surface area contributed by atoms with Crippen molar-refractivity contribution in [2.45, 2.75) is 6.92 Å². The molecule has 0 aliphatic heterocycles. The minimum Gasteiger partial charge on any atom is -0.465 e. The van der Waals surface area contributed by atoms with Gasteiger partial charge in [0, 0.05) is 6.21 Å². The number of hydrazone groups is 1. The van der Waals surface area contributed by atoms with Crippen molar-refractivity contribution in [1.82, 2.24) is 4.98 Å². The van der Waals surface area contributed by atoms with Crippen LogP contribution >= 0.6 is 11.3 Å². The Morgan fingerprint density at radius 3 is 2.86 bits per heavy atom. The van der Waals surface area contributed by atoms with Crippen molar-refractivity contribution in [2.75, 3.05) is 12.5 Å². The van der Waals surface area contributed by atoms with Crippen LogP contribution in [0.4, 0.5) is 5.13 Å². The van der Waals surface area contributed by atoms with Gasteiger partial charge in [0.1, 0.15) is 4.88 Å². The van der Waals surface area contributed by atoms with Gasteiger partial charge in [-0.3, -0.25) is 5.43 Å². The van der Waals surface area contributed by atoms with Gasteiger partial charge in [-0.1, -0.05) is 47.7 Å². The largest absolute Gasteiger partial charge is 0.465 e. The van der Waals surface area contributed by atoms with Crippen molar-refractivity contribution in [3.63, 3.8) is 0 Å². The van der Waals surface area contributed by atoms with Crippen LogP contribution < -0.4 is 5.43 Å². The third kappa shape index (κ3) is 4.25.